The summed E-state index contributed by atoms with van der Waals surface area (Å²) in [5, 5.41) is 13.5. The lowest BCUT2D eigenvalue weighted by Crippen LogP contribution is -2.23. The van der Waals surface area contributed by atoms with E-state index in [1.807, 2.05) is 19.0 Å². The number of halogens is 2. The number of hydrogen-bond donors (Lipinski definition) is 1. The fourth-order valence-corrected chi connectivity index (χ4v) is 1.57. The topological polar surface area (TPSA) is 67.6 Å². The van der Waals surface area contributed by atoms with Crippen molar-refractivity contribution in [3.8, 4) is 0 Å². The molecule has 0 fully saturated rings. The number of nitrogens with one attached hydrogen (secondary N) is 1. The van der Waals surface area contributed by atoms with Crippen molar-refractivity contribution in [2.45, 2.75) is 6.54 Å². The predicted molar refractivity (Wildman–Crippen MR) is 74.1 cm³/mol. The number of rotatable bonds is 9. The van der Waals surface area contributed by atoms with Gasteiger partial charge in [0.15, 0.2) is 0 Å². The van der Waals surface area contributed by atoms with E-state index >= 15 is 0 Å². The van der Waals surface area contributed by atoms with Crippen LogP contribution in [0.2, 0.25) is 0 Å². The smallest absolute Gasteiger partial charge is 0.305 e. The van der Waals surface area contributed by atoms with Crippen LogP contribution in [-0.2, 0) is 11.3 Å². The second-order valence-electron chi connectivity index (χ2n) is 4.74. The minimum absolute atomic E-state index is 0.0522. The number of likely N-dealkylation sites (N-methyl/N-ethyl adjacent to an activating group) is 1. The molecule has 1 aromatic rings. The van der Waals surface area contributed by atoms with Gasteiger partial charge in [0.25, 0.3) is 0 Å². The van der Waals surface area contributed by atoms with E-state index in [2.05, 4.69) is 5.32 Å². The monoisotopic (exact) mass is 303 g/mol. The van der Waals surface area contributed by atoms with Gasteiger partial charge in [-0.05, 0) is 14.1 Å². The Morgan fingerprint density at radius 1 is 1.29 bits per heavy atom. The second kappa shape index (κ2) is 8.60. The van der Waals surface area contributed by atoms with Crippen molar-refractivity contribution >= 4 is 5.69 Å². The third-order valence-corrected chi connectivity index (χ3v) is 2.73. The van der Waals surface area contributed by atoms with Gasteiger partial charge in [-0.15, -0.1) is 0 Å². The number of nitro groups is 1. The fraction of sp³-hybridized carbons (Fsp3) is 0.538. The van der Waals surface area contributed by atoms with E-state index in [9.17, 15) is 18.9 Å². The lowest BCUT2D eigenvalue weighted by atomic mass is 10.2. The lowest BCUT2D eigenvalue weighted by Gasteiger charge is -2.10. The van der Waals surface area contributed by atoms with Gasteiger partial charge >= 0.3 is 5.69 Å². The first kappa shape index (κ1) is 17.4. The molecule has 0 spiro atoms. The van der Waals surface area contributed by atoms with Crippen LogP contribution in [0.3, 0.4) is 0 Å². The van der Waals surface area contributed by atoms with E-state index in [1.165, 1.54) is 0 Å². The number of hydrogen-bond acceptors (Lipinski definition) is 5. The molecule has 0 aliphatic rings. The van der Waals surface area contributed by atoms with Gasteiger partial charge in [-0.3, -0.25) is 10.1 Å². The van der Waals surface area contributed by atoms with Crippen LogP contribution in [0, 0.1) is 21.7 Å². The Balaban J connectivity index is 2.38. The molecule has 1 rings (SSSR count). The van der Waals surface area contributed by atoms with E-state index in [1.54, 1.807) is 0 Å². The minimum atomic E-state index is -1.17. The summed E-state index contributed by atoms with van der Waals surface area (Å²) in [6, 6.07) is 1.44. The van der Waals surface area contributed by atoms with Crippen molar-refractivity contribution in [3.05, 3.63) is 39.4 Å². The molecule has 0 atom stereocenters. The normalized spacial score (nSPS) is 11.1. The van der Waals surface area contributed by atoms with E-state index in [0.717, 1.165) is 12.6 Å². The molecule has 8 heteroatoms. The maximum atomic E-state index is 13.5. The highest BCUT2D eigenvalue weighted by Gasteiger charge is 2.18. The summed E-state index contributed by atoms with van der Waals surface area (Å²) in [7, 11) is 3.87. The highest BCUT2D eigenvalue weighted by Crippen LogP contribution is 2.21. The lowest BCUT2D eigenvalue weighted by molar-refractivity contribution is -0.387. The van der Waals surface area contributed by atoms with Crippen LogP contribution in [0.1, 0.15) is 5.56 Å². The summed E-state index contributed by atoms with van der Waals surface area (Å²) in [6.07, 6.45) is 0. The molecule has 0 saturated carbocycles. The van der Waals surface area contributed by atoms with E-state index in [0.29, 0.717) is 25.8 Å². The van der Waals surface area contributed by atoms with Gasteiger partial charge in [-0.25, -0.2) is 4.39 Å². The fourth-order valence-electron chi connectivity index (χ4n) is 1.57. The van der Waals surface area contributed by atoms with Gasteiger partial charge in [-0.1, -0.05) is 0 Å². The van der Waals surface area contributed by atoms with Crippen LogP contribution in [0.4, 0.5) is 14.5 Å². The summed E-state index contributed by atoms with van der Waals surface area (Å²) in [4.78, 5) is 11.7. The third kappa shape index (κ3) is 6.11. The molecule has 6 nitrogen and oxygen atoms in total. The second-order valence-corrected chi connectivity index (χ2v) is 4.74. The van der Waals surface area contributed by atoms with Crippen LogP contribution < -0.4 is 5.32 Å². The van der Waals surface area contributed by atoms with Crippen LogP contribution >= 0.6 is 0 Å². The molecule has 0 aliphatic heterocycles. The molecule has 0 saturated heterocycles. The summed E-state index contributed by atoms with van der Waals surface area (Å²) in [5.74, 6) is -1.98. The van der Waals surface area contributed by atoms with Crippen molar-refractivity contribution < 1.29 is 18.4 Å². The molecule has 0 aromatic heterocycles. The third-order valence-electron chi connectivity index (χ3n) is 2.73. The quantitative estimate of drug-likeness (QED) is 0.426. The van der Waals surface area contributed by atoms with Gasteiger partial charge in [0.2, 0.25) is 5.82 Å². The van der Waals surface area contributed by atoms with Crippen molar-refractivity contribution in [2.75, 3.05) is 40.4 Å². The standard InChI is InChI=1S/C13H19F2N3O3/c1-17(2)4-6-21-5-3-16-9-10-7-13(18(19)20)12(15)8-11(10)14/h7-8,16H,3-6,9H2,1-2H3. The highest BCUT2D eigenvalue weighted by atomic mass is 19.1. The zero-order valence-corrected chi connectivity index (χ0v) is 12.1. The Morgan fingerprint density at radius 2 is 2.00 bits per heavy atom. The Hall–Kier alpha value is -1.64. The number of benzene rings is 1. The van der Waals surface area contributed by atoms with Crippen LogP contribution in [0.5, 0.6) is 0 Å². The van der Waals surface area contributed by atoms with Crippen molar-refractivity contribution in [1.82, 2.24) is 10.2 Å². The van der Waals surface area contributed by atoms with Crippen molar-refractivity contribution in [1.29, 1.82) is 0 Å². The van der Waals surface area contributed by atoms with Gasteiger partial charge in [0, 0.05) is 37.3 Å². The van der Waals surface area contributed by atoms with Crippen molar-refractivity contribution in [3.63, 3.8) is 0 Å². The Morgan fingerprint density at radius 3 is 2.62 bits per heavy atom. The Bertz CT molecular complexity index is 484. The average molecular weight is 303 g/mol. The molecule has 0 radical (unpaired) electrons. The zero-order chi connectivity index (χ0) is 15.8. The maximum absolute atomic E-state index is 13.5. The predicted octanol–water partition coefficient (Wildman–Crippen LogP) is 1.54. The number of nitrogens with zero attached hydrogens (tertiary/aromatic N) is 2. The molecule has 0 aliphatic carbocycles. The van der Waals surface area contributed by atoms with Gasteiger partial charge in [-0.2, -0.15) is 4.39 Å². The SMILES string of the molecule is CN(C)CCOCCNCc1cc([N+](=O)[O-])c(F)cc1F. The van der Waals surface area contributed by atoms with Crippen LogP contribution in [-0.4, -0.2) is 50.2 Å². The summed E-state index contributed by atoms with van der Waals surface area (Å²) in [6.45, 7) is 2.38. The molecular weight excluding hydrogens is 284 g/mol. The first-order valence-corrected chi connectivity index (χ1v) is 6.47. The Labute approximate surface area is 121 Å². The van der Waals surface area contributed by atoms with E-state index in [-0.39, 0.29) is 12.1 Å². The van der Waals surface area contributed by atoms with Crippen LogP contribution in [0.15, 0.2) is 12.1 Å². The van der Waals surface area contributed by atoms with Crippen LogP contribution in [0.25, 0.3) is 0 Å². The number of ether oxygens (including phenoxy) is 1. The van der Waals surface area contributed by atoms with Gasteiger partial charge in [0.05, 0.1) is 18.1 Å². The molecule has 21 heavy (non-hydrogen) atoms. The van der Waals surface area contributed by atoms with E-state index < -0.39 is 22.2 Å². The molecule has 0 bridgehead atoms. The maximum Gasteiger partial charge on any atom is 0.305 e. The molecular formula is C13H19F2N3O3. The Kier molecular flexibility index (Phi) is 7.13. The first-order valence-electron chi connectivity index (χ1n) is 6.47. The summed E-state index contributed by atoms with van der Waals surface area (Å²) >= 11 is 0. The summed E-state index contributed by atoms with van der Waals surface area (Å²) < 4.78 is 31.9. The average Bonchev–Trinajstić information content (AvgIpc) is 2.38. The first-order chi connectivity index (χ1) is 9.91. The molecule has 0 unspecified atom stereocenters. The number of nitro benzene ring substituents is 1. The van der Waals surface area contributed by atoms with Crippen molar-refractivity contribution in [2.24, 2.45) is 0 Å². The molecule has 1 aromatic carbocycles. The highest BCUT2D eigenvalue weighted by molar-refractivity contribution is 5.37. The molecule has 1 N–H and O–H groups in total. The van der Waals surface area contributed by atoms with Gasteiger partial charge in [0.1, 0.15) is 5.82 Å². The van der Waals surface area contributed by atoms with E-state index in [4.69, 9.17) is 4.74 Å². The van der Waals surface area contributed by atoms with Gasteiger partial charge < -0.3 is 15.0 Å². The molecule has 0 heterocycles. The molecule has 0 amide bonds. The zero-order valence-electron chi connectivity index (χ0n) is 12.1. The minimum Gasteiger partial charge on any atom is -0.379 e. The summed E-state index contributed by atoms with van der Waals surface area (Å²) in [5.41, 5.74) is -0.674. The molecule has 118 valence electrons. The largest absolute Gasteiger partial charge is 0.379 e.